The molecule has 0 spiro atoms. The van der Waals surface area contributed by atoms with E-state index in [9.17, 15) is 24.3 Å². The maximum absolute atomic E-state index is 13.9. The molecule has 8 atom stereocenters. The number of hydrogen-bond acceptors (Lipinski definition) is 9. The van der Waals surface area contributed by atoms with Crippen LogP contribution < -0.4 is 5.32 Å². The number of likely N-dealkylation sites (tertiary alicyclic amines) is 2. The molecule has 0 unspecified atom stereocenters. The summed E-state index contributed by atoms with van der Waals surface area (Å²) >= 11 is 0. The summed E-state index contributed by atoms with van der Waals surface area (Å²) in [6.07, 6.45) is 7.13. The average Bonchev–Trinajstić information content (AvgIpc) is 3.82. The molecule has 2 saturated heterocycles. The third-order valence-corrected chi connectivity index (χ3v) is 12.9. The van der Waals surface area contributed by atoms with E-state index in [0.717, 1.165) is 69.8 Å². The van der Waals surface area contributed by atoms with Crippen molar-refractivity contribution in [2.75, 3.05) is 14.2 Å². The number of methoxy groups -OCH3 is 1. The average molecular weight is 815 g/mol. The zero-order valence-corrected chi connectivity index (χ0v) is 34.5. The van der Waals surface area contributed by atoms with Gasteiger partial charge in [0.25, 0.3) is 0 Å². The monoisotopic (exact) mass is 814 g/mol. The molecule has 3 aromatic heterocycles. The van der Waals surface area contributed by atoms with Crippen molar-refractivity contribution in [3.63, 3.8) is 0 Å². The molecule has 2 aromatic carbocycles. The lowest BCUT2D eigenvalue weighted by atomic mass is 10.0. The van der Waals surface area contributed by atoms with Crippen LogP contribution in [0, 0.1) is 23.7 Å². The number of amides is 4. The maximum atomic E-state index is 13.9. The summed E-state index contributed by atoms with van der Waals surface area (Å²) in [6.45, 7) is 7.57. The number of hydrogen-bond donors (Lipinski definition) is 4. The van der Waals surface area contributed by atoms with Crippen molar-refractivity contribution in [2.45, 2.75) is 89.6 Å². The van der Waals surface area contributed by atoms with Crippen LogP contribution in [0.3, 0.4) is 0 Å². The van der Waals surface area contributed by atoms with Crippen molar-refractivity contribution < 1.29 is 29.0 Å². The van der Waals surface area contributed by atoms with Gasteiger partial charge in [-0.1, -0.05) is 58.0 Å². The predicted molar refractivity (Wildman–Crippen MR) is 221 cm³/mol. The molecule has 0 bridgehead atoms. The second-order valence-corrected chi connectivity index (χ2v) is 17.4. The first kappa shape index (κ1) is 39.2. The summed E-state index contributed by atoms with van der Waals surface area (Å²) in [4.78, 5) is 82.5. The molecule has 4 fully saturated rings. The summed E-state index contributed by atoms with van der Waals surface area (Å²) in [7, 11) is 2.75. The van der Waals surface area contributed by atoms with Crippen LogP contribution in [-0.2, 0) is 14.3 Å². The minimum atomic E-state index is -1.13. The third-order valence-electron chi connectivity index (χ3n) is 12.9. The first-order chi connectivity index (χ1) is 28.8. The van der Waals surface area contributed by atoms with Crippen LogP contribution in [0.5, 0.6) is 0 Å². The normalized spacial score (nSPS) is 23.7. The number of aromatic nitrogens is 6. The molecule has 312 valence electrons. The fraction of sp³-hybridized carbons (Fsp3) is 0.455. The molecule has 16 nitrogen and oxygen atoms in total. The number of alkyl carbamates (subject to hydrolysis) is 1. The summed E-state index contributed by atoms with van der Waals surface area (Å²) < 4.78 is 4.79. The molecule has 0 radical (unpaired) electrons. The van der Waals surface area contributed by atoms with Crippen molar-refractivity contribution in [2.24, 2.45) is 23.7 Å². The molecular weight excluding hydrogens is 765 g/mol. The second kappa shape index (κ2) is 15.1. The maximum Gasteiger partial charge on any atom is 0.407 e. The van der Waals surface area contributed by atoms with Gasteiger partial charge in [-0.25, -0.2) is 24.5 Å². The smallest absolute Gasteiger partial charge is 0.407 e. The van der Waals surface area contributed by atoms with Gasteiger partial charge in [-0.15, -0.1) is 0 Å². The Morgan fingerprint density at radius 1 is 0.750 bits per heavy atom. The number of likely N-dealkylation sites (N-methyl/N-ethyl adjacent to an activating group) is 1. The predicted octanol–water partition coefficient (Wildman–Crippen LogP) is 6.42. The Morgan fingerprint density at radius 2 is 1.33 bits per heavy atom. The van der Waals surface area contributed by atoms with Gasteiger partial charge in [-0.2, -0.15) is 0 Å². The number of carbonyl (C=O) groups excluding carboxylic acids is 3. The first-order valence-electron chi connectivity index (χ1n) is 20.7. The second-order valence-electron chi connectivity index (χ2n) is 17.4. The zero-order chi connectivity index (χ0) is 42.1. The van der Waals surface area contributed by atoms with E-state index in [2.05, 4.69) is 15.3 Å². The molecule has 4 amide bonds. The van der Waals surface area contributed by atoms with E-state index in [4.69, 9.17) is 24.7 Å². The Hall–Kier alpha value is -6.32. The summed E-state index contributed by atoms with van der Waals surface area (Å²) in [5.74, 6) is 1.64. The lowest BCUT2D eigenvalue weighted by molar-refractivity contribution is -0.140. The molecule has 4 N–H and O–H groups in total. The number of carboxylic acid groups (broad SMARTS) is 1. The highest BCUT2D eigenvalue weighted by molar-refractivity contribution is 5.88. The Labute approximate surface area is 347 Å². The van der Waals surface area contributed by atoms with E-state index in [1.807, 2.05) is 86.2 Å². The van der Waals surface area contributed by atoms with Gasteiger partial charge >= 0.3 is 12.2 Å². The SMILES string of the molecule is COC(=O)N[C@H](C(=O)N1[C@@H]2C[C@@H]2C[C@H]1c1nc(-c2ccc(-c3ccc4nc(-c5c[nH]c([C@@H]6C[C@H]7C[C@H]7N6C(=O)[C@H](C(C)C)N(C)C(=O)O)n5)cnc4c3)cc2)c[nH]1)C(C)C. The molecule has 2 aliphatic carbocycles. The number of nitrogens with one attached hydrogen (secondary N) is 3. The molecule has 2 aliphatic heterocycles. The van der Waals surface area contributed by atoms with Crippen LogP contribution in [0.15, 0.2) is 61.1 Å². The number of imidazole rings is 2. The van der Waals surface area contributed by atoms with Gasteiger partial charge in [0.05, 0.1) is 42.1 Å². The molecular formula is C44H50N10O6. The highest BCUT2D eigenvalue weighted by Gasteiger charge is 2.57. The molecule has 60 heavy (non-hydrogen) atoms. The number of ether oxygens (including phenoxy) is 1. The fourth-order valence-electron chi connectivity index (χ4n) is 9.51. The number of nitrogens with zero attached hydrogens (tertiary/aromatic N) is 7. The van der Waals surface area contributed by atoms with Gasteiger partial charge in [-0.05, 0) is 72.6 Å². The van der Waals surface area contributed by atoms with Gasteiger partial charge in [0.15, 0.2) is 0 Å². The van der Waals surface area contributed by atoms with Crippen LogP contribution in [-0.4, -0.2) is 112 Å². The van der Waals surface area contributed by atoms with Crippen LogP contribution in [0.2, 0.25) is 0 Å². The molecule has 2 saturated carbocycles. The third kappa shape index (κ3) is 7.00. The molecule has 5 heterocycles. The van der Waals surface area contributed by atoms with Crippen molar-refractivity contribution in [1.29, 1.82) is 0 Å². The Bertz CT molecular complexity index is 2480. The van der Waals surface area contributed by atoms with Crippen molar-refractivity contribution in [3.05, 3.63) is 72.7 Å². The quantitative estimate of drug-likeness (QED) is 0.115. The van der Waals surface area contributed by atoms with E-state index in [1.165, 1.54) is 14.2 Å². The molecule has 16 heteroatoms. The number of carbonyl (C=O) groups is 4. The summed E-state index contributed by atoms with van der Waals surface area (Å²) in [6, 6.07) is 12.5. The van der Waals surface area contributed by atoms with Crippen LogP contribution >= 0.6 is 0 Å². The minimum Gasteiger partial charge on any atom is -0.465 e. The number of aromatic amines is 2. The molecule has 9 rings (SSSR count). The van der Waals surface area contributed by atoms with Crippen LogP contribution in [0.4, 0.5) is 9.59 Å². The zero-order valence-electron chi connectivity index (χ0n) is 34.5. The largest absolute Gasteiger partial charge is 0.465 e. The van der Waals surface area contributed by atoms with Gasteiger partial charge in [0.2, 0.25) is 11.8 Å². The summed E-state index contributed by atoms with van der Waals surface area (Å²) in [5.41, 5.74) is 6.39. The van der Waals surface area contributed by atoms with Crippen molar-refractivity contribution in [1.82, 2.24) is 49.9 Å². The number of benzene rings is 2. The minimum absolute atomic E-state index is 0.100. The van der Waals surface area contributed by atoms with Gasteiger partial charge in [0.1, 0.15) is 35.1 Å². The van der Waals surface area contributed by atoms with E-state index < -0.39 is 24.3 Å². The topological polar surface area (TPSA) is 203 Å². The van der Waals surface area contributed by atoms with Gasteiger partial charge in [0, 0.05) is 37.1 Å². The Kier molecular flexibility index (Phi) is 9.82. The van der Waals surface area contributed by atoms with Crippen molar-refractivity contribution in [3.8, 4) is 33.8 Å². The van der Waals surface area contributed by atoms with Gasteiger partial charge in [-0.3, -0.25) is 19.5 Å². The highest BCUT2D eigenvalue weighted by Crippen LogP contribution is 2.54. The first-order valence-corrected chi connectivity index (χ1v) is 20.7. The summed E-state index contributed by atoms with van der Waals surface area (Å²) in [5, 5.41) is 12.4. The van der Waals surface area contributed by atoms with Crippen LogP contribution in [0.1, 0.15) is 77.1 Å². The van der Waals surface area contributed by atoms with Gasteiger partial charge < -0.3 is 34.9 Å². The Balaban J connectivity index is 0.884. The van der Waals surface area contributed by atoms with E-state index >= 15 is 0 Å². The number of fused-ring (bicyclic) bond motifs is 3. The van der Waals surface area contributed by atoms with E-state index in [-0.39, 0.29) is 47.8 Å². The van der Waals surface area contributed by atoms with E-state index in [0.29, 0.717) is 29.0 Å². The lowest BCUT2D eigenvalue weighted by Gasteiger charge is -2.35. The Morgan fingerprint density at radius 3 is 1.93 bits per heavy atom. The standard InChI is InChI=1S/C44H50N10O6/c1-21(2)37(51-43(57)60-6)41(55)53-33-14-26(33)16-35(53)39-46-18-30(49-39)24-9-7-23(8-10-24)25-11-12-28-29(13-25)45-19-31(48-28)32-20-47-40(50-32)36-17-27-15-34(27)54(36)42(56)38(22(3)4)52(5)44(58)59/h7-13,18-22,26-27,33-38H,14-17H2,1-6H3,(H,46,49)(H,47,50)(H,51,57)(H,58,59)/t26-,27-,33-,34-,35+,36+,37+,38+/m1/s1. The van der Waals surface area contributed by atoms with Crippen molar-refractivity contribution >= 4 is 35.0 Å². The number of piperidine rings is 2. The molecule has 4 aliphatic rings. The van der Waals surface area contributed by atoms with E-state index in [1.54, 1.807) is 12.4 Å². The fourth-order valence-corrected chi connectivity index (χ4v) is 9.51. The lowest BCUT2D eigenvalue weighted by Crippen LogP contribution is -2.52. The molecule has 5 aromatic rings. The highest BCUT2D eigenvalue weighted by atomic mass is 16.5. The number of rotatable bonds is 11. The number of H-pyrrole nitrogens is 2. The van der Waals surface area contributed by atoms with Crippen LogP contribution in [0.25, 0.3) is 44.8 Å².